The fourth-order valence-electron chi connectivity index (χ4n) is 4.39. The fourth-order valence-corrected chi connectivity index (χ4v) is 4.39. The highest BCUT2D eigenvalue weighted by Gasteiger charge is 2.25. The minimum Gasteiger partial charge on any atom is -0.325 e. The van der Waals surface area contributed by atoms with Crippen LogP contribution < -0.4 is 4.90 Å². The molecule has 0 spiro atoms. The normalized spacial score (nSPS) is 16.1. The number of hydrogen-bond donors (Lipinski definition) is 0. The lowest BCUT2D eigenvalue weighted by Gasteiger charge is -2.26. The summed E-state index contributed by atoms with van der Waals surface area (Å²) in [5.74, 6) is 8.61. The fraction of sp³-hybridized carbons (Fsp3) is 0.333. The molecule has 31 heavy (non-hydrogen) atoms. The topological polar surface area (TPSA) is 59.2 Å². The van der Waals surface area contributed by atoms with Gasteiger partial charge < -0.3 is 4.90 Å². The third-order valence-corrected chi connectivity index (χ3v) is 6.10. The van der Waals surface area contributed by atoms with Gasteiger partial charge in [0.05, 0.1) is 23.3 Å². The molecule has 1 saturated carbocycles. The van der Waals surface area contributed by atoms with E-state index >= 15 is 4.39 Å². The minimum atomic E-state index is -0.398. The Morgan fingerprint density at radius 2 is 2.03 bits per heavy atom. The van der Waals surface area contributed by atoms with Gasteiger partial charge in [-0.3, -0.25) is 9.38 Å². The minimum absolute atomic E-state index is 0.398. The van der Waals surface area contributed by atoms with Crippen LogP contribution in [-0.2, 0) is 6.42 Å². The molecule has 4 heterocycles. The van der Waals surface area contributed by atoms with Crippen LogP contribution in [0.4, 0.5) is 15.9 Å². The predicted molar refractivity (Wildman–Crippen MR) is 117 cm³/mol. The van der Waals surface area contributed by atoms with Gasteiger partial charge in [0.1, 0.15) is 11.6 Å². The summed E-state index contributed by atoms with van der Waals surface area (Å²) in [5, 5.41) is 8.80. The summed E-state index contributed by atoms with van der Waals surface area (Å²) in [5.41, 5.74) is 3.96. The molecule has 7 heteroatoms. The molecule has 0 bridgehead atoms. The first-order valence-corrected chi connectivity index (χ1v) is 10.8. The first-order chi connectivity index (χ1) is 15.2. The average molecular weight is 412 g/mol. The Kier molecular flexibility index (Phi) is 4.13. The molecule has 6 nitrogen and oxygen atoms in total. The number of pyridine rings is 1. The monoisotopic (exact) mass is 412 g/mol. The van der Waals surface area contributed by atoms with E-state index in [9.17, 15) is 0 Å². The van der Waals surface area contributed by atoms with Crippen LogP contribution >= 0.6 is 0 Å². The van der Waals surface area contributed by atoms with Crippen LogP contribution in [0.1, 0.15) is 42.6 Å². The molecule has 6 rings (SSSR count). The van der Waals surface area contributed by atoms with E-state index in [0.29, 0.717) is 34.2 Å². The molecule has 3 aromatic heterocycles. The van der Waals surface area contributed by atoms with Gasteiger partial charge in [0.15, 0.2) is 5.82 Å². The molecule has 0 N–H and O–H groups in total. The van der Waals surface area contributed by atoms with Crippen molar-refractivity contribution in [2.45, 2.75) is 39.0 Å². The Labute approximate surface area is 179 Å². The third-order valence-electron chi connectivity index (χ3n) is 6.10. The zero-order valence-corrected chi connectivity index (χ0v) is 17.3. The average Bonchev–Trinajstić information content (AvgIpc) is 3.56. The van der Waals surface area contributed by atoms with E-state index in [-0.39, 0.29) is 0 Å². The van der Waals surface area contributed by atoms with Gasteiger partial charge in [0.25, 0.3) is 5.78 Å². The molecule has 0 radical (unpaired) electrons. The number of fused-ring (bicyclic) bond motifs is 4. The van der Waals surface area contributed by atoms with Gasteiger partial charge in [0, 0.05) is 23.7 Å². The molecule has 1 aliphatic carbocycles. The predicted octanol–water partition coefficient (Wildman–Crippen LogP) is 4.36. The number of benzene rings is 1. The molecule has 1 aliphatic heterocycles. The second-order valence-corrected chi connectivity index (χ2v) is 8.29. The summed E-state index contributed by atoms with van der Waals surface area (Å²) >= 11 is 0. The first kappa shape index (κ1) is 18.3. The molecule has 1 fully saturated rings. The SMILES string of the molecule is Cc1nnc2nc(N3CCCCc4c(C#CC5CC5)cccc43)c3c(F)cncc3n12. The van der Waals surface area contributed by atoms with Gasteiger partial charge in [-0.25, -0.2) is 4.39 Å². The Hall–Kier alpha value is -3.53. The van der Waals surface area contributed by atoms with Gasteiger partial charge in [-0.2, -0.15) is 4.98 Å². The zero-order valence-electron chi connectivity index (χ0n) is 17.3. The standard InChI is InChI=1S/C24H21FN6/c1-15-28-29-24-27-23(22-19(25)13-26-14-21(22)31(15)24)30-12-3-2-6-18-17(5-4-7-20(18)30)11-10-16-8-9-16/h4-5,7,13-14,16H,2-3,6,8-9,12H2,1H3. The van der Waals surface area contributed by atoms with E-state index in [1.165, 1.54) is 24.6 Å². The van der Waals surface area contributed by atoms with Crippen molar-refractivity contribution in [3.8, 4) is 11.8 Å². The summed E-state index contributed by atoms with van der Waals surface area (Å²) < 4.78 is 16.9. The van der Waals surface area contributed by atoms with Crippen LogP contribution in [0, 0.1) is 30.5 Å². The smallest absolute Gasteiger partial charge is 0.257 e. The largest absolute Gasteiger partial charge is 0.325 e. The number of aromatic nitrogens is 5. The Morgan fingerprint density at radius 3 is 2.90 bits per heavy atom. The van der Waals surface area contributed by atoms with Crippen LogP contribution in [0.25, 0.3) is 16.7 Å². The number of rotatable bonds is 1. The zero-order chi connectivity index (χ0) is 20.9. The number of anilines is 2. The molecule has 4 aromatic rings. The first-order valence-electron chi connectivity index (χ1n) is 10.8. The lowest BCUT2D eigenvalue weighted by atomic mass is 10.0. The van der Waals surface area contributed by atoms with E-state index in [0.717, 1.165) is 37.1 Å². The number of halogens is 1. The number of nitrogens with zero attached hydrogens (tertiary/aromatic N) is 6. The van der Waals surface area contributed by atoms with E-state index in [1.54, 1.807) is 10.6 Å². The van der Waals surface area contributed by atoms with Crippen LogP contribution in [0.3, 0.4) is 0 Å². The maximum absolute atomic E-state index is 15.1. The van der Waals surface area contributed by atoms with Crippen LogP contribution in [-0.4, -0.2) is 31.1 Å². The Balaban J connectivity index is 1.60. The van der Waals surface area contributed by atoms with Crippen molar-refractivity contribution in [2.24, 2.45) is 5.92 Å². The van der Waals surface area contributed by atoms with Crippen molar-refractivity contribution >= 4 is 28.2 Å². The highest BCUT2D eigenvalue weighted by atomic mass is 19.1. The maximum Gasteiger partial charge on any atom is 0.257 e. The van der Waals surface area contributed by atoms with Crippen molar-refractivity contribution in [3.63, 3.8) is 0 Å². The van der Waals surface area contributed by atoms with Crippen molar-refractivity contribution in [1.29, 1.82) is 0 Å². The molecule has 2 aliphatic rings. The summed E-state index contributed by atoms with van der Waals surface area (Å²) in [6, 6.07) is 6.22. The van der Waals surface area contributed by atoms with Gasteiger partial charge in [-0.1, -0.05) is 17.9 Å². The molecule has 1 aromatic carbocycles. The highest BCUT2D eigenvalue weighted by Crippen LogP contribution is 2.38. The van der Waals surface area contributed by atoms with E-state index < -0.39 is 5.82 Å². The Bertz CT molecular complexity index is 1390. The van der Waals surface area contributed by atoms with E-state index in [1.807, 2.05) is 13.0 Å². The second-order valence-electron chi connectivity index (χ2n) is 8.29. The van der Waals surface area contributed by atoms with Crippen LogP contribution in [0.15, 0.2) is 30.6 Å². The van der Waals surface area contributed by atoms with Crippen LogP contribution in [0.2, 0.25) is 0 Å². The van der Waals surface area contributed by atoms with Crippen molar-refractivity contribution in [2.75, 3.05) is 11.4 Å². The molecule has 0 amide bonds. The summed E-state index contributed by atoms with van der Waals surface area (Å²) in [7, 11) is 0. The number of hydrogen-bond acceptors (Lipinski definition) is 5. The highest BCUT2D eigenvalue weighted by molar-refractivity contribution is 5.94. The molecule has 0 unspecified atom stereocenters. The summed E-state index contributed by atoms with van der Waals surface area (Å²) in [6.07, 6.45) is 8.30. The van der Waals surface area contributed by atoms with Crippen molar-refractivity contribution in [1.82, 2.24) is 24.6 Å². The molecule has 154 valence electrons. The third kappa shape index (κ3) is 3.02. The van der Waals surface area contributed by atoms with Gasteiger partial charge in [0.2, 0.25) is 0 Å². The second kappa shape index (κ2) is 7.02. The van der Waals surface area contributed by atoms with Gasteiger partial charge in [-0.15, -0.1) is 10.2 Å². The number of aryl methyl sites for hydroxylation is 1. The van der Waals surface area contributed by atoms with Gasteiger partial charge in [-0.05, 0) is 56.7 Å². The van der Waals surface area contributed by atoms with Crippen molar-refractivity contribution < 1.29 is 4.39 Å². The van der Waals surface area contributed by atoms with Crippen molar-refractivity contribution in [3.05, 3.63) is 53.4 Å². The lowest BCUT2D eigenvalue weighted by molar-refractivity contribution is 0.632. The van der Waals surface area contributed by atoms with E-state index in [4.69, 9.17) is 4.98 Å². The summed E-state index contributed by atoms with van der Waals surface area (Å²) in [6.45, 7) is 2.58. The molecule has 0 saturated heterocycles. The molecular weight excluding hydrogens is 391 g/mol. The maximum atomic E-state index is 15.1. The van der Waals surface area contributed by atoms with Gasteiger partial charge >= 0.3 is 0 Å². The molecular formula is C24H21FN6. The molecule has 0 atom stereocenters. The quantitative estimate of drug-likeness (QED) is 0.435. The van der Waals surface area contributed by atoms with E-state index in [2.05, 4.69) is 44.1 Å². The Morgan fingerprint density at radius 1 is 1.13 bits per heavy atom. The lowest BCUT2D eigenvalue weighted by Crippen LogP contribution is -2.21. The van der Waals surface area contributed by atoms with Crippen LogP contribution in [0.5, 0.6) is 0 Å². The summed E-state index contributed by atoms with van der Waals surface area (Å²) in [4.78, 5) is 11.0.